The highest BCUT2D eigenvalue weighted by Crippen LogP contribution is 2.16. The van der Waals surface area contributed by atoms with Crippen molar-refractivity contribution in [3.8, 4) is 0 Å². The van der Waals surface area contributed by atoms with Gasteiger partial charge in [0.2, 0.25) is 0 Å². The van der Waals surface area contributed by atoms with E-state index in [1.165, 1.54) is 0 Å². The first-order chi connectivity index (χ1) is 8.89. The number of hydrogen-bond acceptors (Lipinski definition) is 1. The van der Waals surface area contributed by atoms with Crippen molar-refractivity contribution in [2.24, 2.45) is 0 Å². The highest BCUT2D eigenvalue weighted by Gasteiger charge is 2.24. The normalized spacial score (nSPS) is 11.4. The lowest BCUT2D eigenvalue weighted by atomic mass is 10.0. The second-order valence-electron chi connectivity index (χ2n) is 5.64. The molecule has 2 aromatic rings. The van der Waals surface area contributed by atoms with Crippen molar-refractivity contribution >= 4 is 30.6 Å². The monoisotopic (exact) mass is 288 g/mol. The first-order valence-electron chi connectivity index (χ1n) is 6.29. The number of carbonyl (C=O) groups is 1. The van der Waals surface area contributed by atoms with Crippen LogP contribution >= 0.6 is 11.6 Å². The third kappa shape index (κ3) is 3.14. The van der Waals surface area contributed by atoms with E-state index in [-0.39, 0.29) is 5.78 Å². The van der Waals surface area contributed by atoms with Gasteiger partial charge in [-0.05, 0) is 23.4 Å². The number of ketones is 1. The molecule has 3 heteroatoms. The van der Waals surface area contributed by atoms with Crippen LogP contribution in [0.25, 0.3) is 0 Å². The predicted molar refractivity (Wildman–Crippen MR) is 84.3 cm³/mol. The van der Waals surface area contributed by atoms with Gasteiger partial charge in [-0.3, -0.25) is 4.79 Å². The Hall–Kier alpha value is -1.38. The minimum Gasteiger partial charge on any atom is -0.289 e. The smallest absolute Gasteiger partial charge is 0.192 e. The topological polar surface area (TPSA) is 17.1 Å². The Bertz CT molecular complexity index is 600. The van der Waals surface area contributed by atoms with E-state index in [1.807, 2.05) is 42.5 Å². The molecule has 98 valence electrons. The lowest BCUT2D eigenvalue weighted by molar-refractivity contribution is 0.103. The van der Waals surface area contributed by atoms with E-state index >= 15 is 0 Å². The summed E-state index contributed by atoms with van der Waals surface area (Å²) in [7, 11) is -1.61. The molecule has 0 spiro atoms. The van der Waals surface area contributed by atoms with Crippen molar-refractivity contribution in [2.45, 2.75) is 19.6 Å². The summed E-state index contributed by atoms with van der Waals surface area (Å²) < 4.78 is 0. The Morgan fingerprint density at radius 3 is 2.21 bits per heavy atom. The Morgan fingerprint density at radius 2 is 1.63 bits per heavy atom. The molecule has 0 heterocycles. The average molecular weight is 289 g/mol. The molecule has 0 saturated heterocycles. The molecular weight excluding hydrogens is 272 g/mol. The molecule has 0 amide bonds. The zero-order chi connectivity index (χ0) is 14.0. The highest BCUT2D eigenvalue weighted by molar-refractivity contribution is 6.89. The Balaban J connectivity index is 2.54. The molecule has 0 saturated carbocycles. The Kier molecular flexibility index (Phi) is 3.93. The SMILES string of the molecule is C[Si](C)(C)c1cc(Cl)ccc1C(=O)c1ccccc1. The van der Waals surface area contributed by atoms with Crippen LogP contribution in [0.4, 0.5) is 0 Å². The molecule has 2 rings (SSSR count). The van der Waals surface area contributed by atoms with Crippen LogP contribution in [0.2, 0.25) is 24.7 Å². The quantitative estimate of drug-likeness (QED) is 0.613. The summed E-state index contributed by atoms with van der Waals surface area (Å²) >= 11 is 6.08. The minimum absolute atomic E-state index is 0.0784. The van der Waals surface area contributed by atoms with Gasteiger partial charge in [0.15, 0.2) is 5.78 Å². The highest BCUT2D eigenvalue weighted by atomic mass is 35.5. The summed E-state index contributed by atoms with van der Waals surface area (Å²) in [4.78, 5) is 12.6. The van der Waals surface area contributed by atoms with Gasteiger partial charge in [-0.1, -0.05) is 61.6 Å². The molecule has 0 aromatic heterocycles. The molecule has 19 heavy (non-hydrogen) atoms. The zero-order valence-electron chi connectivity index (χ0n) is 11.4. The lowest BCUT2D eigenvalue weighted by Gasteiger charge is -2.20. The zero-order valence-corrected chi connectivity index (χ0v) is 13.2. The molecule has 0 aliphatic heterocycles. The van der Waals surface area contributed by atoms with Gasteiger partial charge >= 0.3 is 0 Å². The first-order valence-corrected chi connectivity index (χ1v) is 10.2. The van der Waals surface area contributed by atoms with E-state index in [1.54, 1.807) is 6.07 Å². The maximum Gasteiger partial charge on any atom is 0.192 e. The maximum absolute atomic E-state index is 12.6. The second kappa shape index (κ2) is 5.31. The number of benzene rings is 2. The van der Waals surface area contributed by atoms with Crippen LogP contribution in [-0.4, -0.2) is 13.9 Å². The van der Waals surface area contributed by atoms with Crippen molar-refractivity contribution in [1.29, 1.82) is 0 Å². The van der Waals surface area contributed by atoms with Crippen molar-refractivity contribution < 1.29 is 4.79 Å². The molecule has 0 N–H and O–H groups in total. The maximum atomic E-state index is 12.6. The number of halogens is 1. The van der Waals surface area contributed by atoms with Gasteiger partial charge in [-0.2, -0.15) is 0 Å². The van der Waals surface area contributed by atoms with Crippen LogP contribution in [0.3, 0.4) is 0 Å². The largest absolute Gasteiger partial charge is 0.289 e. The van der Waals surface area contributed by atoms with Gasteiger partial charge < -0.3 is 0 Å². The summed E-state index contributed by atoms with van der Waals surface area (Å²) in [6.45, 7) is 6.67. The van der Waals surface area contributed by atoms with Gasteiger partial charge in [0.05, 0.1) is 8.07 Å². The molecule has 1 nitrogen and oxygen atoms in total. The van der Waals surface area contributed by atoms with Crippen LogP contribution < -0.4 is 5.19 Å². The van der Waals surface area contributed by atoms with Crippen molar-refractivity contribution in [2.75, 3.05) is 0 Å². The average Bonchev–Trinajstić information content (AvgIpc) is 2.38. The lowest BCUT2D eigenvalue weighted by Crippen LogP contribution is -2.41. The fourth-order valence-electron chi connectivity index (χ4n) is 2.08. The molecule has 0 radical (unpaired) electrons. The number of hydrogen-bond donors (Lipinski definition) is 0. The van der Waals surface area contributed by atoms with Crippen LogP contribution in [0.15, 0.2) is 48.5 Å². The van der Waals surface area contributed by atoms with E-state index < -0.39 is 8.07 Å². The van der Waals surface area contributed by atoms with Crippen molar-refractivity contribution in [3.05, 3.63) is 64.7 Å². The fraction of sp³-hybridized carbons (Fsp3) is 0.188. The number of carbonyl (C=O) groups excluding carboxylic acids is 1. The Labute approximate surface area is 120 Å². The first kappa shape index (κ1) is 14.0. The molecule has 0 aliphatic rings. The molecule has 2 aromatic carbocycles. The van der Waals surface area contributed by atoms with Gasteiger partial charge in [0.1, 0.15) is 0 Å². The summed E-state index contributed by atoms with van der Waals surface area (Å²) in [5.74, 6) is 0.0784. The van der Waals surface area contributed by atoms with Crippen molar-refractivity contribution in [3.63, 3.8) is 0 Å². The summed E-state index contributed by atoms with van der Waals surface area (Å²) in [5.41, 5.74) is 1.51. The van der Waals surface area contributed by atoms with E-state index in [0.29, 0.717) is 5.02 Å². The summed E-state index contributed by atoms with van der Waals surface area (Å²) in [6.07, 6.45) is 0. The molecular formula is C16H17ClOSi. The predicted octanol–water partition coefficient (Wildman–Crippen LogP) is 4.12. The van der Waals surface area contributed by atoms with Gasteiger partial charge in [-0.15, -0.1) is 0 Å². The standard InChI is InChI=1S/C16H17ClOSi/c1-19(2,3)15-11-13(17)9-10-14(15)16(18)12-7-5-4-6-8-12/h4-11H,1-3H3. The third-order valence-corrected chi connectivity index (χ3v) is 5.34. The molecule has 0 fully saturated rings. The number of rotatable bonds is 3. The third-order valence-electron chi connectivity index (χ3n) is 3.07. The summed E-state index contributed by atoms with van der Waals surface area (Å²) in [5, 5.41) is 1.82. The van der Waals surface area contributed by atoms with Crippen LogP contribution in [0.1, 0.15) is 15.9 Å². The minimum atomic E-state index is -1.61. The van der Waals surface area contributed by atoms with Crippen LogP contribution in [0.5, 0.6) is 0 Å². The molecule has 0 bridgehead atoms. The van der Waals surface area contributed by atoms with Gasteiger partial charge in [0, 0.05) is 16.1 Å². The van der Waals surface area contributed by atoms with E-state index in [4.69, 9.17) is 11.6 Å². The van der Waals surface area contributed by atoms with Crippen LogP contribution in [0, 0.1) is 0 Å². The van der Waals surface area contributed by atoms with Gasteiger partial charge in [0.25, 0.3) is 0 Å². The molecule has 0 atom stereocenters. The van der Waals surface area contributed by atoms with E-state index in [2.05, 4.69) is 19.6 Å². The molecule has 0 unspecified atom stereocenters. The second-order valence-corrected chi connectivity index (χ2v) is 11.1. The fourth-order valence-corrected chi connectivity index (χ4v) is 3.94. The van der Waals surface area contributed by atoms with E-state index in [9.17, 15) is 4.79 Å². The van der Waals surface area contributed by atoms with Crippen molar-refractivity contribution in [1.82, 2.24) is 0 Å². The van der Waals surface area contributed by atoms with Gasteiger partial charge in [-0.25, -0.2) is 0 Å². The Morgan fingerprint density at radius 1 is 1.00 bits per heavy atom. The van der Waals surface area contributed by atoms with E-state index in [0.717, 1.165) is 16.3 Å². The summed E-state index contributed by atoms with van der Waals surface area (Å²) in [6, 6.07) is 15.0. The van der Waals surface area contributed by atoms with Crippen LogP contribution in [-0.2, 0) is 0 Å². The molecule has 0 aliphatic carbocycles.